The van der Waals surface area contributed by atoms with Gasteiger partial charge in [-0.15, -0.1) is 0 Å². The van der Waals surface area contributed by atoms with Crippen LogP contribution < -0.4 is 11.3 Å². The van der Waals surface area contributed by atoms with Crippen LogP contribution in [0.25, 0.3) is 11.0 Å². The molecule has 2 heterocycles. The van der Waals surface area contributed by atoms with E-state index in [4.69, 9.17) is 5.73 Å². The molecule has 2 aromatic heterocycles. The number of fused-ring (bicyclic) bond motifs is 1. The maximum absolute atomic E-state index is 11.2. The molecule has 0 aliphatic heterocycles. The summed E-state index contributed by atoms with van der Waals surface area (Å²) < 4.78 is 0. The molecular weight excluding hydrogens is 156 g/mol. The van der Waals surface area contributed by atoms with Crippen molar-refractivity contribution in [2.24, 2.45) is 0 Å². The van der Waals surface area contributed by atoms with Gasteiger partial charge < -0.3 is 15.7 Å². The summed E-state index contributed by atoms with van der Waals surface area (Å²) in [5, 5.41) is 0. The average molecular weight is 164 g/mol. The first-order valence-corrected chi connectivity index (χ1v) is 3.52. The largest absolute Gasteiger partial charge is 0.396 e. The fourth-order valence-electron chi connectivity index (χ4n) is 1.15. The summed E-state index contributed by atoms with van der Waals surface area (Å²) in [6.07, 6.45) is 1.56. The van der Waals surface area contributed by atoms with Gasteiger partial charge in [0, 0.05) is 6.20 Å². The highest BCUT2D eigenvalue weighted by atomic mass is 16.1. The normalized spacial score (nSPS) is 10.8. The summed E-state index contributed by atoms with van der Waals surface area (Å²) in [6.45, 7) is 1.72. The van der Waals surface area contributed by atoms with E-state index < -0.39 is 0 Å². The SMILES string of the molecule is Cc1nc2c(N)c[nH]c2c(=O)[nH]1. The Morgan fingerprint density at radius 3 is 3.08 bits per heavy atom. The average Bonchev–Trinajstić information content (AvgIpc) is 2.33. The molecule has 0 saturated carbocycles. The maximum Gasteiger partial charge on any atom is 0.275 e. The lowest BCUT2D eigenvalue weighted by Crippen LogP contribution is -2.09. The van der Waals surface area contributed by atoms with E-state index >= 15 is 0 Å². The molecule has 0 amide bonds. The van der Waals surface area contributed by atoms with Gasteiger partial charge in [0.25, 0.3) is 5.56 Å². The van der Waals surface area contributed by atoms with Gasteiger partial charge in [-0.25, -0.2) is 4.98 Å². The molecule has 0 radical (unpaired) electrons. The van der Waals surface area contributed by atoms with Crippen molar-refractivity contribution in [1.29, 1.82) is 0 Å². The van der Waals surface area contributed by atoms with Crippen LogP contribution in [0.1, 0.15) is 5.82 Å². The van der Waals surface area contributed by atoms with Gasteiger partial charge in [-0.05, 0) is 6.92 Å². The van der Waals surface area contributed by atoms with Crippen LogP contribution in [0.4, 0.5) is 5.69 Å². The van der Waals surface area contributed by atoms with Crippen molar-refractivity contribution in [2.75, 3.05) is 5.73 Å². The Bertz CT molecular complexity index is 482. The minimum atomic E-state index is -0.186. The summed E-state index contributed by atoms with van der Waals surface area (Å²) >= 11 is 0. The number of hydrogen-bond acceptors (Lipinski definition) is 3. The van der Waals surface area contributed by atoms with Gasteiger partial charge in [-0.1, -0.05) is 0 Å². The van der Waals surface area contributed by atoms with Crippen molar-refractivity contribution in [1.82, 2.24) is 15.0 Å². The van der Waals surface area contributed by atoms with Crippen LogP contribution >= 0.6 is 0 Å². The molecule has 5 nitrogen and oxygen atoms in total. The molecule has 0 spiro atoms. The number of nitrogens with one attached hydrogen (secondary N) is 2. The molecule has 0 aliphatic carbocycles. The number of aryl methyl sites for hydroxylation is 1. The number of anilines is 1. The second kappa shape index (κ2) is 2.10. The molecule has 0 aromatic carbocycles. The Labute approximate surface area is 67.6 Å². The Morgan fingerprint density at radius 2 is 2.33 bits per heavy atom. The zero-order valence-electron chi connectivity index (χ0n) is 6.51. The van der Waals surface area contributed by atoms with Crippen molar-refractivity contribution >= 4 is 16.7 Å². The Kier molecular flexibility index (Phi) is 1.21. The van der Waals surface area contributed by atoms with E-state index in [-0.39, 0.29) is 5.56 Å². The van der Waals surface area contributed by atoms with Gasteiger partial charge in [0.05, 0.1) is 5.69 Å². The number of nitrogen functional groups attached to an aromatic ring is 1. The lowest BCUT2D eigenvalue weighted by molar-refractivity contribution is 1.06. The molecule has 2 aromatic rings. The zero-order chi connectivity index (χ0) is 8.72. The first-order valence-electron chi connectivity index (χ1n) is 3.52. The lowest BCUT2D eigenvalue weighted by atomic mass is 10.4. The third-order valence-electron chi connectivity index (χ3n) is 1.68. The number of nitrogens with zero attached hydrogens (tertiary/aromatic N) is 1. The van der Waals surface area contributed by atoms with E-state index in [2.05, 4.69) is 15.0 Å². The van der Waals surface area contributed by atoms with Crippen molar-refractivity contribution < 1.29 is 0 Å². The predicted molar refractivity (Wildman–Crippen MR) is 45.9 cm³/mol. The van der Waals surface area contributed by atoms with E-state index in [1.165, 1.54) is 0 Å². The molecule has 0 bridgehead atoms. The van der Waals surface area contributed by atoms with Gasteiger partial charge in [0.2, 0.25) is 0 Å². The van der Waals surface area contributed by atoms with Gasteiger partial charge in [-0.3, -0.25) is 4.79 Å². The molecule has 5 heteroatoms. The molecule has 0 aliphatic rings. The van der Waals surface area contributed by atoms with Crippen LogP contribution in [-0.4, -0.2) is 15.0 Å². The number of nitrogens with two attached hydrogens (primary N) is 1. The standard InChI is InChI=1S/C7H8N4O/c1-3-10-5-4(8)2-9-6(5)7(12)11-3/h2,9H,8H2,1H3,(H,10,11,12). The summed E-state index contributed by atoms with van der Waals surface area (Å²) in [4.78, 5) is 20.6. The zero-order valence-corrected chi connectivity index (χ0v) is 6.51. The topological polar surface area (TPSA) is 87.6 Å². The molecular formula is C7H8N4O. The van der Waals surface area contributed by atoms with Crippen molar-refractivity contribution in [3.05, 3.63) is 22.4 Å². The molecule has 0 unspecified atom stereocenters. The van der Waals surface area contributed by atoms with Crippen LogP contribution in [0, 0.1) is 6.92 Å². The highest BCUT2D eigenvalue weighted by molar-refractivity contribution is 5.86. The van der Waals surface area contributed by atoms with Crippen LogP contribution in [0.2, 0.25) is 0 Å². The fourth-order valence-corrected chi connectivity index (χ4v) is 1.15. The van der Waals surface area contributed by atoms with Gasteiger partial charge in [-0.2, -0.15) is 0 Å². The number of rotatable bonds is 0. The fraction of sp³-hybridized carbons (Fsp3) is 0.143. The Hall–Kier alpha value is -1.78. The lowest BCUT2D eigenvalue weighted by Gasteiger charge is -1.92. The van der Waals surface area contributed by atoms with Crippen LogP contribution in [0.15, 0.2) is 11.0 Å². The first kappa shape index (κ1) is 6.90. The van der Waals surface area contributed by atoms with E-state index in [9.17, 15) is 4.79 Å². The Balaban J connectivity index is 3.03. The second-order valence-electron chi connectivity index (χ2n) is 2.62. The monoisotopic (exact) mass is 164 g/mol. The van der Waals surface area contributed by atoms with Crippen LogP contribution in [0.3, 0.4) is 0 Å². The van der Waals surface area contributed by atoms with Gasteiger partial charge in [0.15, 0.2) is 0 Å². The summed E-state index contributed by atoms with van der Waals surface area (Å²) in [5.74, 6) is 0.568. The molecule has 0 atom stereocenters. The first-order chi connectivity index (χ1) is 5.68. The quantitative estimate of drug-likeness (QED) is 0.517. The highest BCUT2D eigenvalue weighted by Gasteiger charge is 2.05. The van der Waals surface area contributed by atoms with E-state index in [0.717, 1.165) is 0 Å². The smallest absolute Gasteiger partial charge is 0.275 e. The molecule has 4 N–H and O–H groups in total. The second-order valence-corrected chi connectivity index (χ2v) is 2.62. The summed E-state index contributed by atoms with van der Waals surface area (Å²) in [5.41, 5.74) is 6.85. The summed E-state index contributed by atoms with van der Waals surface area (Å²) in [7, 11) is 0. The van der Waals surface area contributed by atoms with Crippen LogP contribution in [-0.2, 0) is 0 Å². The molecule has 0 fully saturated rings. The minimum Gasteiger partial charge on any atom is -0.396 e. The molecule has 2 rings (SSSR count). The summed E-state index contributed by atoms with van der Waals surface area (Å²) in [6, 6.07) is 0. The minimum absolute atomic E-state index is 0.186. The van der Waals surface area contributed by atoms with Crippen molar-refractivity contribution in [3.63, 3.8) is 0 Å². The van der Waals surface area contributed by atoms with E-state index in [0.29, 0.717) is 22.5 Å². The molecule has 12 heavy (non-hydrogen) atoms. The number of hydrogen-bond donors (Lipinski definition) is 3. The Morgan fingerprint density at radius 1 is 1.58 bits per heavy atom. The maximum atomic E-state index is 11.2. The van der Waals surface area contributed by atoms with Crippen molar-refractivity contribution in [2.45, 2.75) is 6.92 Å². The van der Waals surface area contributed by atoms with Gasteiger partial charge >= 0.3 is 0 Å². The van der Waals surface area contributed by atoms with Gasteiger partial charge in [0.1, 0.15) is 16.9 Å². The van der Waals surface area contributed by atoms with Crippen LogP contribution in [0.5, 0.6) is 0 Å². The third-order valence-corrected chi connectivity index (χ3v) is 1.68. The van der Waals surface area contributed by atoms with E-state index in [1.54, 1.807) is 13.1 Å². The van der Waals surface area contributed by atoms with Crippen molar-refractivity contribution in [3.8, 4) is 0 Å². The third kappa shape index (κ3) is 0.795. The highest BCUT2D eigenvalue weighted by Crippen LogP contribution is 2.12. The predicted octanol–water partition coefficient (Wildman–Crippen LogP) is 0.142. The number of H-pyrrole nitrogens is 2. The number of aromatic amines is 2. The molecule has 62 valence electrons. The number of aromatic nitrogens is 3. The van der Waals surface area contributed by atoms with E-state index in [1.807, 2.05) is 0 Å². The molecule has 0 saturated heterocycles.